The number of nitrogens with zero attached hydrogens (tertiary/aromatic N) is 3. The Balaban J connectivity index is 2.31. The summed E-state index contributed by atoms with van der Waals surface area (Å²) in [5, 5.41) is 1.53. The van der Waals surface area contributed by atoms with Crippen LogP contribution in [-0.4, -0.2) is 15.0 Å². The van der Waals surface area contributed by atoms with Crippen LogP contribution in [0.1, 0.15) is 22.5 Å². The van der Waals surface area contributed by atoms with E-state index in [1.807, 2.05) is 33.8 Å². The van der Waals surface area contributed by atoms with Crippen LogP contribution in [0.2, 0.25) is 0 Å². The van der Waals surface area contributed by atoms with Gasteiger partial charge in [0.05, 0.1) is 0 Å². The van der Waals surface area contributed by atoms with Gasteiger partial charge in [0.1, 0.15) is 5.03 Å². The molecule has 0 aliphatic rings. The topological polar surface area (TPSA) is 64.7 Å². The van der Waals surface area contributed by atoms with Crippen molar-refractivity contribution in [2.45, 2.75) is 37.9 Å². The molecule has 2 rings (SSSR count). The highest BCUT2D eigenvalue weighted by molar-refractivity contribution is 7.99. The second-order valence-corrected chi connectivity index (χ2v) is 5.27. The monoisotopic (exact) mass is 260 g/mol. The predicted octanol–water partition coefficient (Wildman–Crippen LogP) is 2.84. The summed E-state index contributed by atoms with van der Waals surface area (Å²) >= 11 is 1.43. The molecular formula is C13H16N4S. The smallest absolute Gasteiger partial charge is 0.194 e. The van der Waals surface area contributed by atoms with Crippen molar-refractivity contribution in [3.63, 3.8) is 0 Å². The van der Waals surface area contributed by atoms with Gasteiger partial charge in [-0.15, -0.1) is 0 Å². The van der Waals surface area contributed by atoms with E-state index in [2.05, 4.69) is 15.0 Å². The lowest BCUT2D eigenvalue weighted by atomic mass is 10.2. The van der Waals surface area contributed by atoms with Gasteiger partial charge in [-0.2, -0.15) is 0 Å². The Morgan fingerprint density at radius 1 is 1.06 bits per heavy atom. The van der Waals surface area contributed by atoms with Crippen molar-refractivity contribution >= 4 is 17.4 Å². The summed E-state index contributed by atoms with van der Waals surface area (Å²) < 4.78 is 0. The number of nitrogens with two attached hydrogens (primary N) is 1. The molecule has 0 unspecified atom stereocenters. The highest BCUT2D eigenvalue weighted by Crippen LogP contribution is 2.26. The molecule has 4 nitrogen and oxygen atoms in total. The molecule has 5 heteroatoms. The Kier molecular flexibility index (Phi) is 3.52. The zero-order chi connectivity index (χ0) is 13.3. The molecule has 0 amide bonds. The molecule has 18 heavy (non-hydrogen) atoms. The largest absolute Gasteiger partial charge is 0.398 e. The maximum atomic E-state index is 5.86. The van der Waals surface area contributed by atoms with Gasteiger partial charge < -0.3 is 5.73 Å². The third-order valence-electron chi connectivity index (χ3n) is 2.93. The normalized spacial score (nSPS) is 10.7. The average molecular weight is 260 g/mol. The Labute approximate surface area is 111 Å². The molecule has 2 heterocycles. The maximum Gasteiger partial charge on any atom is 0.194 e. The van der Waals surface area contributed by atoms with E-state index in [1.54, 1.807) is 6.20 Å². The van der Waals surface area contributed by atoms with Gasteiger partial charge in [-0.1, -0.05) is 0 Å². The van der Waals surface area contributed by atoms with Gasteiger partial charge in [-0.3, -0.25) is 0 Å². The molecule has 0 radical (unpaired) electrons. The van der Waals surface area contributed by atoms with Crippen molar-refractivity contribution in [3.05, 3.63) is 34.8 Å². The first kappa shape index (κ1) is 12.8. The maximum absolute atomic E-state index is 5.86. The Morgan fingerprint density at radius 2 is 1.67 bits per heavy atom. The molecule has 2 aromatic heterocycles. The molecular weight excluding hydrogens is 244 g/mol. The van der Waals surface area contributed by atoms with Crippen LogP contribution in [0.15, 0.2) is 22.4 Å². The molecule has 94 valence electrons. The van der Waals surface area contributed by atoms with Gasteiger partial charge >= 0.3 is 0 Å². The van der Waals surface area contributed by atoms with E-state index in [0.29, 0.717) is 5.16 Å². The molecule has 0 bridgehead atoms. The van der Waals surface area contributed by atoms with E-state index >= 15 is 0 Å². The summed E-state index contributed by atoms with van der Waals surface area (Å²) in [5.74, 6) is 0. The minimum absolute atomic E-state index is 0.714. The highest BCUT2D eigenvalue weighted by atomic mass is 32.2. The summed E-state index contributed by atoms with van der Waals surface area (Å²) in [6.45, 7) is 7.95. The standard InChI is InChI=1S/C13H16N4S/c1-7-6-15-12(5-11(7)14)18-13-16-9(3)8(2)10(4)17-13/h5-6H,1-4H3,(H2,14,15). The number of aryl methyl sites for hydroxylation is 3. The van der Waals surface area contributed by atoms with E-state index in [4.69, 9.17) is 5.73 Å². The zero-order valence-electron chi connectivity index (χ0n) is 11.0. The quantitative estimate of drug-likeness (QED) is 0.841. The number of aromatic nitrogens is 3. The molecule has 0 aliphatic heterocycles. The van der Waals surface area contributed by atoms with Crippen LogP contribution in [0.3, 0.4) is 0 Å². The summed E-state index contributed by atoms with van der Waals surface area (Å²) in [4.78, 5) is 13.2. The Morgan fingerprint density at radius 3 is 2.22 bits per heavy atom. The van der Waals surface area contributed by atoms with Crippen molar-refractivity contribution in [3.8, 4) is 0 Å². The van der Waals surface area contributed by atoms with Crippen LogP contribution in [0.25, 0.3) is 0 Å². The minimum atomic E-state index is 0.714. The average Bonchev–Trinajstić information content (AvgIpc) is 2.31. The number of hydrogen-bond donors (Lipinski definition) is 1. The van der Waals surface area contributed by atoms with Gasteiger partial charge in [0.25, 0.3) is 0 Å². The second kappa shape index (κ2) is 4.94. The SMILES string of the molecule is Cc1cnc(Sc2nc(C)c(C)c(C)n2)cc1N. The van der Waals surface area contributed by atoms with Crippen molar-refractivity contribution in [1.82, 2.24) is 15.0 Å². The van der Waals surface area contributed by atoms with E-state index < -0.39 is 0 Å². The Bertz CT molecular complexity index is 573. The number of rotatable bonds is 2. The fraction of sp³-hybridized carbons (Fsp3) is 0.308. The van der Waals surface area contributed by atoms with Crippen LogP contribution in [0.5, 0.6) is 0 Å². The predicted molar refractivity (Wildman–Crippen MR) is 73.8 cm³/mol. The van der Waals surface area contributed by atoms with Gasteiger partial charge in [0.2, 0.25) is 0 Å². The highest BCUT2D eigenvalue weighted by Gasteiger charge is 2.07. The van der Waals surface area contributed by atoms with E-state index in [-0.39, 0.29) is 0 Å². The first-order chi connectivity index (χ1) is 8.47. The first-order valence-electron chi connectivity index (χ1n) is 5.69. The van der Waals surface area contributed by atoms with Crippen molar-refractivity contribution in [2.75, 3.05) is 5.73 Å². The summed E-state index contributed by atoms with van der Waals surface area (Å²) in [5.41, 5.74) is 10.7. The fourth-order valence-corrected chi connectivity index (χ4v) is 2.30. The van der Waals surface area contributed by atoms with Gasteiger partial charge in [0.15, 0.2) is 5.16 Å². The van der Waals surface area contributed by atoms with E-state index in [1.165, 1.54) is 11.8 Å². The molecule has 0 atom stereocenters. The first-order valence-corrected chi connectivity index (χ1v) is 6.51. The third-order valence-corrected chi connectivity index (χ3v) is 3.73. The Hall–Kier alpha value is -1.62. The number of anilines is 1. The lowest BCUT2D eigenvalue weighted by Crippen LogP contribution is -1.98. The summed E-state index contributed by atoms with van der Waals surface area (Å²) in [7, 11) is 0. The van der Waals surface area contributed by atoms with Crippen molar-refractivity contribution in [2.24, 2.45) is 0 Å². The third kappa shape index (κ3) is 2.61. The van der Waals surface area contributed by atoms with Gasteiger partial charge in [-0.05, 0) is 56.7 Å². The van der Waals surface area contributed by atoms with Crippen LogP contribution in [-0.2, 0) is 0 Å². The number of hydrogen-bond acceptors (Lipinski definition) is 5. The van der Waals surface area contributed by atoms with Crippen molar-refractivity contribution < 1.29 is 0 Å². The number of nitrogen functional groups attached to an aromatic ring is 1. The molecule has 0 spiro atoms. The van der Waals surface area contributed by atoms with E-state index in [0.717, 1.165) is 33.2 Å². The minimum Gasteiger partial charge on any atom is -0.398 e. The van der Waals surface area contributed by atoms with Crippen LogP contribution < -0.4 is 5.73 Å². The molecule has 0 aliphatic carbocycles. The number of pyridine rings is 1. The molecule has 0 saturated carbocycles. The van der Waals surface area contributed by atoms with E-state index in [9.17, 15) is 0 Å². The molecule has 0 aromatic carbocycles. The zero-order valence-corrected chi connectivity index (χ0v) is 11.8. The molecule has 0 saturated heterocycles. The fourth-order valence-electron chi connectivity index (χ4n) is 1.46. The van der Waals surface area contributed by atoms with Gasteiger partial charge in [-0.25, -0.2) is 15.0 Å². The molecule has 2 N–H and O–H groups in total. The van der Waals surface area contributed by atoms with Crippen LogP contribution in [0, 0.1) is 27.7 Å². The van der Waals surface area contributed by atoms with Crippen LogP contribution in [0.4, 0.5) is 5.69 Å². The molecule has 0 fully saturated rings. The van der Waals surface area contributed by atoms with Gasteiger partial charge in [0, 0.05) is 23.3 Å². The summed E-state index contributed by atoms with van der Waals surface area (Å²) in [6.07, 6.45) is 1.77. The lowest BCUT2D eigenvalue weighted by Gasteiger charge is -2.07. The summed E-state index contributed by atoms with van der Waals surface area (Å²) in [6, 6.07) is 1.86. The lowest BCUT2D eigenvalue weighted by molar-refractivity contribution is 0.878. The van der Waals surface area contributed by atoms with Crippen molar-refractivity contribution in [1.29, 1.82) is 0 Å². The van der Waals surface area contributed by atoms with Crippen LogP contribution >= 0.6 is 11.8 Å². The second-order valence-electron chi connectivity index (χ2n) is 4.28. The molecule has 2 aromatic rings.